The van der Waals surface area contributed by atoms with E-state index in [2.05, 4.69) is 12.2 Å². The Morgan fingerprint density at radius 2 is 1.44 bits per heavy atom. The molecule has 0 amide bonds. The summed E-state index contributed by atoms with van der Waals surface area (Å²) < 4.78 is 11.2. The summed E-state index contributed by atoms with van der Waals surface area (Å²) in [6.45, 7) is 3.42. The van der Waals surface area contributed by atoms with Gasteiger partial charge in [0.15, 0.2) is 0 Å². The number of unbranched alkanes of at least 4 members (excludes halogenated alkanes) is 10. The van der Waals surface area contributed by atoms with Crippen LogP contribution in [-0.2, 0) is 19.1 Å². The van der Waals surface area contributed by atoms with Gasteiger partial charge in [0.1, 0.15) is 12.1 Å². The zero-order valence-corrected chi connectivity index (χ0v) is 23.0. The molecule has 1 heterocycles. The van der Waals surface area contributed by atoms with Crippen LogP contribution >= 0.6 is 0 Å². The second-order valence-electron chi connectivity index (χ2n) is 10.5. The van der Waals surface area contributed by atoms with Gasteiger partial charge < -0.3 is 25.0 Å². The van der Waals surface area contributed by atoms with Crippen LogP contribution in [-0.4, -0.2) is 60.7 Å². The number of rotatable bonds is 24. The van der Waals surface area contributed by atoms with Gasteiger partial charge in [-0.05, 0) is 57.9 Å². The zero-order valence-electron chi connectivity index (χ0n) is 23.0. The van der Waals surface area contributed by atoms with Crippen molar-refractivity contribution in [3.05, 3.63) is 0 Å². The van der Waals surface area contributed by atoms with Crippen molar-refractivity contribution < 1.29 is 29.3 Å². The molecule has 2 atom stereocenters. The molecular formula is C29H55NO6. The molecule has 1 fully saturated rings. The monoisotopic (exact) mass is 513 g/mol. The number of aliphatic hydroxyl groups is 2. The minimum absolute atomic E-state index is 0.0252. The highest BCUT2D eigenvalue weighted by Crippen LogP contribution is 2.18. The number of hydrogen-bond acceptors (Lipinski definition) is 7. The maximum absolute atomic E-state index is 12.5. The van der Waals surface area contributed by atoms with Crippen LogP contribution in [0, 0.1) is 5.92 Å². The Hall–Kier alpha value is -1.18. The molecule has 36 heavy (non-hydrogen) atoms. The van der Waals surface area contributed by atoms with E-state index in [-0.39, 0.29) is 43.2 Å². The fourth-order valence-electron chi connectivity index (χ4n) is 4.77. The molecule has 7 heteroatoms. The molecule has 1 aliphatic heterocycles. The van der Waals surface area contributed by atoms with Crippen molar-refractivity contribution in [2.75, 3.05) is 26.4 Å². The summed E-state index contributed by atoms with van der Waals surface area (Å²) in [5.74, 6) is -0.445. The topological polar surface area (TPSA) is 105 Å². The van der Waals surface area contributed by atoms with Gasteiger partial charge in [-0.1, -0.05) is 71.1 Å². The van der Waals surface area contributed by atoms with Crippen molar-refractivity contribution in [1.29, 1.82) is 0 Å². The highest BCUT2D eigenvalue weighted by atomic mass is 16.5. The first-order valence-corrected chi connectivity index (χ1v) is 14.9. The molecule has 0 bridgehead atoms. The maximum atomic E-state index is 12.5. The quantitative estimate of drug-likeness (QED) is 0.116. The lowest BCUT2D eigenvalue weighted by Gasteiger charge is -2.20. The van der Waals surface area contributed by atoms with Crippen LogP contribution in [0.4, 0.5) is 0 Å². The first-order chi connectivity index (χ1) is 17.6. The normalized spacial score (nSPS) is 16.4. The van der Waals surface area contributed by atoms with E-state index in [9.17, 15) is 9.59 Å². The van der Waals surface area contributed by atoms with E-state index in [1.807, 2.05) is 0 Å². The van der Waals surface area contributed by atoms with Crippen LogP contribution in [0.3, 0.4) is 0 Å². The summed E-state index contributed by atoms with van der Waals surface area (Å²) in [7, 11) is 0. The smallest absolute Gasteiger partial charge is 0.323 e. The van der Waals surface area contributed by atoms with Crippen molar-refractivity contribution in [2.45, 2.75) is 141 Å². The van der Waals surface area contributed by atoms with Crippen molar-refractivity contribution >= 4 is 11.9 Å². The number of carbonyl (C=O) groups excluding carboxylic acids is 2. The van der Waals surface area contributed by atoms with Gasteiger partial charge in [0.25, 0.3) is 0 Å². The summed E-state index contributed by atoms with van der Waals surface area (Å²) in [5, 5.41) is 21.4. The first-order valence-electron chi connectivity index (χ1n) is 14.9. The minimum atomic E-state index is -0.210. The maximum Gasteiger partial charge on any atom is 0.323 e. The molecule has 1 unspecified atom stereocenters. The molecule has 3 N–H and O–H groups in total. The highest BCUT2D eigenvalue weighted by Gasteiger charge is 2.26. The zero-order chi connectivity index (χ0) is 26.3. The van der Waals surface area contributed by atoms with Crippen LogP contribution in [0.25, 0.3) is 0 Å². The highest BCUT2D eigenvalue weighted by molar-refractivity contribution is 5.76. The van der Waals surface area contributed by atoms with Crippen LogP contribution < -0.4 is 5.32 Å². The lowest BCUT2D eigenvalue weighted by atomic mass is 10.0. The van der Waals surface area contributed by atoms with E-state index in [4.69, 9.17) is 19.7 Å². The summed E-state index contributed by atoms with van der Waals surface area (Å²) in [6.07, 6.45) is 19.4. The van der Waals surface area contributed by atoms with Crippen molar-refractivity contribution in [3.8, 4) is 0 Å². The first kappa shape index (κ1) is 32.8. The summed E-state index contributed by atoms with van der Waals surface area (Å²) in [6, 6.07) is -0.172. The van der Waals surface area contributed by atoms with E-state index in [1.165, 1.54) is 57.8 Å². The number of nitrogens with one attached hydrogen (secondary N) is 1. The van der Waals surface area contributed by atoms with Gasteiger partial charge in [0.2, 0.25) is 0 Å². The largest absolute Gasteiger partial charge is 0.466 e. The molecule has 0 aliphatic carbocycles. The van der Waals surface area contributed by atoms with E-state index in [1.54, 1.807) is 0 Å². The Kier molecular flexibility index (Phi) is 21.0. The second-order valence-corrected chi connectivity index (χ2v) is 10.5. The van der Waals surface area contributed by atoms with Gasteiger partial charge in [0.05, 0.1) is 6.61 Å². The number of aliphatic hydroxyl groups excluding tert-OH is 2. The Balaban J connectivity index is 2.21. The number of hydrogen-bond donors (Lipinski definition) is 3. The Bertz CT molecular complexity index is 534. The summed E-state index contributed by atoms with van der Waals surface area (Å²) >= 11 is 0. The minimum Gasteiger partial charge on any atom is -0.466 e. The second kappa shape index (κ2) is 23.0. The van der Waals surface area contributed by atoms with E-state index in [0.717, 1.165) is 45.1 Å². The molecular weight excluding hydrogens is 458 g/mol. The van der Waals surface area contributed by atoms with Crippen LogP contribution in [0.5, 0.6) is 0 Å². The number of esters is 2. The Morgan fingerprint density at radius 3 is 2.06 bits per heavy atom. The van der Waals surface area contributed by atoms with Crippen LogP contribution in [0.2, 0.25) is 0 Å². The molecule has 1 rings (SSSR count). The number of carbonyl (C=O) groups is 2. The number of ether oxygens (including phenoxy) is 2. The SMILES string of the molecule is CCCCCCCCCCCCC(CCCOC(=O)CCCCC(CO)CO)OC(=O)[C@@H]1CCCN1. The molecule has 1 saturated heterocycles. The van der Waals surface area contributed by atoms with Gasteiger partial charge in [-0.15, -0.1) is 0 Å². The molecule has 1 aliphatic rings. The Labute approximate surface area is 220 Å². The molecule has 0 aromatic heterocycles. The van der Waals surface area contributed by atoms with Crippen LogP contribution in [0.15, 0.2) is 0 Å². The third kappa shape index (κ3) is 17.3. The summed E-state index contributed by atoms with van der Waals surface area (Å²) in [4.78, 5) is 24.5. The fourth-order valence-corrected chi connectivity index (χ4v) is 4.77. The molecule has 0 saturated carbocycles. The van der Waals surface area contributed by atoms with Gasteiger partial charge in [-0.3, -0.25) is 9.59 Å². The third-order valence-electron chi connectivity index (χ3n) is 7.20. The molecule has 7 nitrogen and oxygen atoms in total. The summed E-state index contributed by atoms with van der Waals surface area (Å²) in [5.41, 5.74) is 0. The van der Waals surface area contributed by atoms with Gasteiger partial charge >= 0.3 is 11.9 Å². The predicted octanol–water partition coefficient (Wildman–Crippen LogP) is 5.45. The third-order valence-corrected chi connectivity index (χ3v) is 7.20. The fraction of sp³-hybridized carbons (Fsp3) is 0.931. The lowest BCUT2D eigenvalue weighted by molar-refractivity contribution is -0.153. The molecule has 212 valence electrons. The molecule has 0 aromatic rings. The van der Waals surface area contributed by atoms with Gasteiger partial charge in [0, 0.05) is 25.6 Å². The molecule has 0 aromatic carbocycles. The van der Waals surface area contributed by atoms with E-state index in [0.29, 0.717) is 32.3 Å². The van der Waals surface area contributed by atoms with E-state index < -0.39 is 0 Å². The molecule has 0 radical (unpaired) electrons. The van der Waals surface area contributed by atoms with Gasteiger partial charge in [-0.25, -0.2) is 0 Å². The lowest BCUT2D eigenvalue weighted by Crippen LogP contribution is -2.35. The van der Waals surface area contributed by atoms with E-state index >= 15 is 0 Å². The van der Waals surface area contributed by atoms with Crippen LogP contribution in [0.1, 0.15) is 129 Å². The van der Waals surface area contributed by atoms with Crippen molar-refractivity contribution in [3.63, 3.8) is 0 Å². The Morgan fingerprint density at radius 1 is 0.833 bits per heavy atom. The van der Waals surface area contributed by atoms with Crippen molar-refractivity contribution in [1.82, 2.24) is 5.32 Å². The van der Waals surface area contributed by atoms with Crippen molar-refractivity contribution in [2.24, 2.45) is 5.92 Å². The molecule has 0 spiro atoms. The average molecular weight is 514 g/mol. The predicted molar refractivity (Wildman–Crippen MR) is 144 cm³/mol. The standard InChI is InChI=1S/C29H55NO6/c1-2-3-4-5-6-7-8-9-10-11-17-26(36-29(34)27-19-14-21-30-27)18-15-22-35-28(33)20-13-12-16-25(23-31)24-32/h25-27,30-32H,2-24H2,1H3/t26?,27-/m0/s1. The average Bonchev–Trinajstić information content (AvgIpc) is 3.43. The van der Waals surface area contributed by atoms with Gasteiger partial charge in [-0.2, -0.15) is 0 Å².